The number of carbonyl (C=O) groups excluding carboxylic acids is 1. The Hall–Kier alpha value is -1.26. The predicted octanol–water partition coefficient (Wildman–Crippen LogP) is 2.71. The zero-order valence-electron chi connectivity index (χ0n) is 13.1. The van der Waals surface area contributed by atoms with Gasteiger partial charge in [-0.05, 0) is 31.6 Å². The van der Waals surface area contributed by atoms with E-state index in [9.17, 15) is 14.7 Å². The number of nitrogens with one attached hydrogen (secondary N) is 1. The quantitative estimate of drug-likeness (QED) is 0.720. The zero-order chi connectivity index (χ0) is 15.3. The zero-order valence-corrected chi connectivity index (χ0v) is 13.1. The van der Waals surface area contributed by atoms with Crippen LogP contribution in [0.1, 0.15) is 53.4 Å². The van der Waals surface area contributed by atoms with Crippen molar-refractivity contribution in [3.05, 3.63) is 0 Å². The Morgan fingerprint density at radius 3 is 2.20 bits per heavy atom. The Balaban J connectivity index is 2.61. The average Bonchev–Trinajstić information content (AvgIpc) is 3.21. The maximum Gasteiger partial charge on any atom is 0.317 e. The molecule has 20 heavy (non-hydrogen) atoms. The van der Waals surface area contributed by atoms with Crippen molar-refractivity contribution in [1.29, 1.82) is 0 Å². The number of urea groups is 1. The van der Waals surface area contributed by atoms with Crippen LogP contribution in [0.15, 0.2) is 0 Å². The number of amides is 2. The molecule has 1 rings (SSSR count). The summed E-state index contributed by atoms with van der Waals surface area (Å²) in [7, 11) is 0. The smallest absolute Gasteiger partial charge is 0.317 e. The van der Waals surface area contributed by atoms with Crippen LogP contribution in [0.4, 0.5) is 4.79 Å². The minimum atomic E-state index is -0.845. The van der Waals surface area contributed by atoms with E-state index in [1.54, 1.807) is 0 Å². The Morgan fingerprint density at radius 1 is 1.30 bits per heavy atom. The third-order valence-corrected chi connectivity index (χ3v) is 4.20. The number of rotatable bonds is 8. The molecule has 0 aromatic rings. The maximum atomic E-state index is 12.3. The highest BCUT2D eigenvalue weighted by atomic mass is 16.4. The van der Waals surface area contributed by atoms with Crippen LogP contribution >= 0.6 is 0 Å². The SMILES string of the molecule is CCC(CC)(CNC(=O)N(CC(C)C)C1CC1)C(=O)O. The van der Waals surface area contributed by atoms with E-state index < -0.39 is 11.4 Å². The third-order valence-electron chi connectivity index (χ3n) is 4.20. The lowest BCUT2D eigenvalue weighted by Gasteiger charge is -2.30. The molecule has 1 aliphatic rings. The van der Waals surface area contributed by atoms with Crippen LogP contribution in [0.3, 0.4) is 0 Å². The molecule has 0 atom stereocenters. The number of carbonyl (C=O) groups is 2. The standard InChI is InChI=1S/C15H28N2O3/c1-5-15(6-2,13(18)19)10-16-14(20)17(9-11(3)4)12-7-8-12/h11-12H,5-10H2,1-4H3,(H,16,20)(H,18,19). The van der Waals surface area contributed by atoms with Crippen LogP contribution in [0.25, 0.3) is 0 Å². The summed E-state index contributed by atoms with van der Waals surface area (Å²) in [4.78, 5) is 25.6. The van der Waals surface area contributed by atoms with Crippen LogP contribution in [-0.2, 0) is 4.79 Å². The molecule has 1 saturated carbocycles. The van der Waals surface area contributed by atoms with E-state index in [-0.39, 0.29) is 12.6 Å². The number of nitrogens with zero attached hydrogens (tertiary/aromatic N) is 1. The fourth-order valence-electron chi connectivity index (χ4n) is 2.40. The Labute approximate surface area is 121 Å². The van der Waals surface area contributed by atoms with Gasteiger partial charge < -0.3 is 15.3 Å². The normalized spacial score (nSPS) is 15.2. The highest BCUT2D eigenvalue weighted by Gasteiger charge is 2.37. The third kappa shape index (κ3) is 4.12. The van der Waals surface area contributed by atoms with E-state index in [4.69, 9.17) is 0 Å². The van der Waals surface area contributed by atoms with E-state index in [2.05, 4.69) is 19.2 Å². The molecule has 5 nitrogen and oxygen atoms in total. The second-order valence-corrected chi connectivity index (χ2v) is 6.23. The van der Waals surface area contributed by atoms with Crippen molar-refractivity contribution in [2.45, 2.75) is 59.4 Å². The van der Waals surface area contributed by atoms with Crippen molar-refractivity contribution in [2.75, 3.05) is 13.1 Å². The van der Waals surface area contributed by atoms with E-state index in [0.717, 1.165) is 19.4 Å². The maximum absolute atomic E-state index is 12.3. The van der Waals surface area contributed by atoms with Crippen LogP contribution in [-0.4, -0.2) is 41.1 Å². The van der Waals surface area contributed by atoms with Gasteiger partial charge in [-0.25, -0.2) is 4.79 Å². The summed E-state index contributed by atoms with van der Waals surface area (Å²) < 4.78 is 0. The molecule has 0 aromatic heterocycles. The molecule has 116 valence electrons. The van der Waals surface area contributed by atoms with Gasteiger partial charge >= 0.3 is 12.0 Å². The number of hydrogen-bond acceptors (Lipinski definition) is 2. The Kier molecular flexibility index (Phi) is 5.84. The van der Waals surface area contributed by atoms with Gasteiger partial charge in [0.15, 0.2) is 0 Å². The number of carboxylic acid groups (broad SMARTS) is 1. The fourth-order valence-corrected chi connectivity index (χ4v) is 2.40. The van der Waals surface area contributed by atoms with Crippen molar-refractivity contribution in [3.8, 4) is 0 Å². The molecule has 0 saturated heterocycles. The number of carboxylic acids is 1. The molecule has 2 amide bonds. The van der Waals surface area contributed by atoms with Gasteiger partial charge in [-0.2, -0.15) is 0 Å². The molecule has 0 heterocycles. The number of aliphatic carboxylic acids is 1. The molecule has 1 fully saturated rings. The second kappa shape index (κ2) is 6.95. The topological polar surface area (TPSA) is 69.6 Å². The highest BCUT2D eigenvalue weighted by Crippen LogP contribution is 2.29. The molecule has 2 N–H and O–H groups in total. The van der Waals surface area contributed by atoms with Crippen molar-refractivity contribution in [2.24, 2.45) is 11.3 Å². The van der Waals surface area contributed by atoms with Crippen molar-refractivity contribution < 1.29 is 14.7 Å². The van der Waals surface area contributed by atoms with Gasteiger partial charge in [-0.3, -0.25) is 4.79 Å². The molecular weight excluding hydrogens is 256 g/mol. The van der Waals surface area contributed by atoms with Crippen LogP contribution in [0, 0.1) is 11.3 Å². The molecule has 0 spiro atoms. The first-order valence-electron chi connectivity index (χ1n) is 7.64. The van der Waals surface area contributed by atoms with Crippen LogP contribution in [0.2, 0.25) is 0 Å². The number of hydrogen-bond donors (Lipinski definition) is 2. The Bertz CT molecular complexity index is 347. The summed E-state index contributed by atoms with van der Waals surface area (Å²) in [6.45, 7) is 8.82. The summed E-state index contributed by atoms with van der Waals surface area (Å²) in [6.07, 6.45) is 3.16. The first-order chi connectivity index (χ1) is 9.36. The Morgan fingerprint density at radius 2 is 1.85 bits per heavy atom. The molecule has 0 radical (unpaired) electrons. The summed E-state index contributed by atoms with van der Waals surface area (Å²) in [5, 5.41) is 12.2. The van der Waals surface area contributed by atoms with Gasteiger partial charge in [0.25, 0.3) is 0 Å². The minimum Gasteiger partial charge on any atom is -0.481 e. The van der Waals surface area contributed by atoms with Crippen molar-refractivity contribution >= 4 is 12.0 Å². The fraction of sp³-hybridized carbons (Fsp3) is 0.867. The largest absolute Gasteiger partial charge is 0.481 e. The van der Waals surface area contributed by atoms with Crippen LogP contribution < -0.4 is 5.32 Å². The van der Waals surface area contributed by atoms with Gasteiger partial charge in [-0.1, -0.05) is 27.7 Å². The molecule has 5 heteroatoms. The summed E-state index contributed by atoms with van der Waals surface area (Å²) >= 11 is 0. The van der Waals surface area contributed by atoms with Gasteiger partial charge in [0.05, 0.1) is 5.41 Å². The molecule has 0 aliphatic heterocycles. The van der Waals surface area contributed by atoms with Gasteiger partial charge in [-0.15, -0.1) is 0 Å². The second-order valence-electron chi connectivity index (χ2n) is 6.23. The molecular formula is C15H28N2O3. The lowest BCUT2D eigenvalue weighted by atomic mass is 9.82. The first kappa shape index (κ1) is 16.8. The molecule has 0 bridgehead atoms. The molecule has 0 unspecified atom stereocenters. The summed E-state index contributed by atoms with van der Waals surface area (Å²) in [5.41, 5.74) is -0.845. The summed E-state index contributed by atoms with van der Waals surface area (Å²) in [5.74, 6) is -0.410. The van der Waals surface area contributed by atoms with Gasteiger partial charge in [0, 0.05) is 19.1 Å². The summed E-state index contributed by atoms with van der Waals surface area (Å²) in [6, 6.07) is 0.230. The predicted molar refractivity (Wildman–Crippen MR) is 78.6 cm³/mol. The van der Waals surface area contributed by atoms with Crippen LogP contribution in [0.5, 0.6) is 0 Å². The first-order valence-corrected chi connectivity index (χ1v) is 7.64. The lowest BCUT2D eigenvalue weighted by molar-refractivity contribution is -0.149. The molecule has 0 aromatic carbocycles. The van der Waals surface area contributed by atoms with Crippen molar-refractivity contribution in [1.82, 2.24) is 10.2 Å². The monoisotopic (exact) mass is 284 g/mol. The van der Waals surface area contributed by atoms with E-state index in [0.29, 0.717) is 24.8 Å². The average molecular weight is 284 g/mol. The van der Waals surface area contributed by atoms with E-state index in [1.807, 2.05) is 18.7 Å². The van der Waals surface area contributed by atoms with Gasteiger partial charge in [0.2, 0.25) is 0 Å². The van der Waals surface area contributed by atoms with E-state index >= 15 is 0 Å². The van der Waals surface area contributed by atoms with Gasteiger partial charge in [0.1, 0.15) is 0 Å². The molecule has 1 aliphatic carbocycles. The highest BCUT2D eigenvalue weighted by molar-refractivity contribution is 5.78. The van der Waals surface area contributed by atoms with E-state index in [1.165, 1.54) is 0 Å². The van der Waals surface area contributed by atoms with Crippen molar-refractivity contribution in [3.63, 3.8) is 0 Å². The minimum absolute atomic E-state index is 0.117. The lowest BCUT2D eigenvalue weighted by Crippen LogP contribution is -2.48.